The second-order valence-electron chi connectivity index (χ2n) is 4.70. The third-order valence-corrected chi connectivity index (χ3v) is 3.19. The number of furan rings is 1. The smallest absolute Gasteiger partial charge is 0.205 e. The van der Waals surface area contributed by atoms with Gasteiger partial charge in [-0.15, -0.1) is 0 Å². The fourth-order valence-electron chi connectivity index (χ4n) is 2.19. The third-order valence-electron chi connectivity index (χ3n) is 3.19. The highest BCUT2D eigenvalue weighted by molar-refractivity contribution is 5.92. The molecule has 0 bridgehead atoms. The van der Waals surface area contributed by atoms with Gasteiger partial charge in [-0.2, -0.15) is 0 Å². The molecule has 2 aromatic carbocycles. The van der Waals surface area contributed by atoms with Gasteiger partial charge in [-0.05, 0) is 30.3 Å². The highest BCUT2D eigenvalue weighted by atomic mass is 16.4. The summed E-state index contributed by atoms with van der Waals surface area (Å²) >= 11 is 0. The minimum Gasteiger partial charge on any atom is -0.437 e. The van der Waals surface area contributed by atoms with Gasteiger partial charge in [0.2, 0.25) is 5.88 Å². The molecule has 1 heterocycles. The monoisotopic (exact) mass is 277 g/mol. The lowest BCUT2D eigenvalue weighted by Gasteiger charge is -2.22. The number of benzene rings is 2. The van der Waals surface area contributed by atoms with E-state index in [2.05, 4.69) is 0 Å². The van der Waals surface area contributed by atoms with Crippen LogP contribution in [0.1, 0.15) is 17.5 Å². The maximum absolute atomic E-state index is 11.4. The zero-order valence-electron chi connectivity index (χ0n) is 11.7. The van der Waals surface area contributed by atoms with E-state index in [1.165, 1.54) is 6.92 Å². The molecule has 3 heteroatoms. The Hall–Kier alpha value is -2.81. The van der Waals surface area contributed by atoms with E-state index in [1.54, 1.807) is 6.07 Å². The highest BCUT2D eigenvalue weighted by Gasteiger charge is 2.16. The molecule has 0 fully saturated rings. The molecule has 3 rings (SSSR count). The van der Waals surface area contributed by atoms with E-state index < -0.39 is 0 Å². The van der Waals surface area contributed by atoms with Gasteiger partial charge in [0.1, 0.15) is 0 Å². The fourth-order valence-corrected chi connectivity index (χ4v) is 2.19. The van der Waals surface area contributed by atoms with E-state index in [0.717, 1.165) is 11.4 Å². The summed E-state index contributed by atoms with van der Waals surface area (Å²) in [6.07, 6.45) is 0. The number of hydrogen-bond acceptors (Lipinski definition) is 3. The molecule has 0 atom stereocenters. The van der Waals surface area contributed by atoms with Gasteiger partial charge < -0.3 is 4.42 Å². The van der Waals surface area contributed by atoms with E-state index in [4.69, 9.17) is 4.42 Å². The molecule has 0 aliphatic carbocycles. The summed E-state index contributed by atoms with van der Waals surface area (Å²) in [5, 5.41) is 0. The Balaban J connectivity index is 2.10. The van der Waals surface area contributed by atoms with Crippen LogP contribution in [0.15, 0.2) is 77.2 Å². The predicted molar refractivity (Wildman–Crippen MR) is 83.4 cm³/mol. The first-order valence-corrected chi connectivity index (χ1v) is 6.77. The van der Waals surface area contributed by atoms with E-state index in [0.29, 0.717) is 11.6 Å². The molecule has 1 aromatic heterocycles. The average molecular weight is 277 g/mol. The van der Waals surface area contributed by atoms with Crippen molar-refractivity contribution in [2.24, 2.45) is 0 Å². The first kappa shape index (κ1) is 13.2. The number of carbonyl (C=O) groups excluding carboxylic acids is 1. The zero-order valence-corrected chi connectivity index (χ0v) is 11.7. The second kappa shape index (κ2) is 5.67. The van der Waals surface area contributed by atoms with Crippen molar-refractivity contribution in [3.05, 3.63) is 78.6 Å². The Morgan fingerprint density at radius 1 is 0.810 bits per heavy atom. The van der Waals surface area contributed by atoms with Gasteiger partial charge in [-0.3, -0.25) is 9.69 Å². The van der Waals surface area contributed by atoms with Gasteiger partial charge >= 0.3 is 0 Å². The number of nitrogens with zero attached hydrogens (tertiary/aromatic N) is 1. The summed E-state index contributed by atoms with van der Waals surface area (Å²) in [7, 11) is 0. The Labute approximate surface area is 123 Å². The van der Waals surface area contributed by atoms with Crippen molar-refractivity contribution in [3.8, 4) is 0 Å². The summed E-state index contributed by atoms with van der Waals surface area (Å²) in [5.74, 6) is 0.904. The Morgan fingerprint density at radius 3 is 1.76 bits per heavy atom. The van der Waals surface area contributed by atoms with Crippen molar-refractivity contribution >= 4 is 23.0 Å². The molecule has 3 aromatic rings. The molecule has 0 N–H and O–H groups in total. The zero-order chi connectivity index (χ0) is 14.7. The number of rotatable bonds is 4. The Bertz CT molecular complexity index is 693. The lowest BCUT2D eigenvalue weighted by Crippen LogP contribution is -2.08. The van der Waals surface area contributed by atoms with Crippen LogP contribution >= 0.6 is 0 Å². The molecule has 0 amide bonds. The first-order chi connectivity index (χ1) is 10.3. The number of ketones is 1. The molecule has 0 unspecified atom stereocenters. The number of Topliss-reactive ketones (excluding diaryl/α,β-unsaturated/α-hetero) is 1. The summed E-state index contributed by atoms with van der Waals surface area (Å²) in [4.78, 5) is 13.4. The normalized spacial score (nSPS) is 10.3. The number of carbonyl (C=O) groups is 1. The topological polar surface area (TPSA) is 33.5 Å². The van der Waals surface area contributed by atoms with Crippen molar-refractivity contribution in [1.82, 2.24) is 0 Å². The van der Waals surface area contributed by atoms with Crippen LogP contribution in [0.2, 0.25) is 0 Å². The molecule has 0 aliphatic rings. The molecular formula is C18H15NO2. The molecule has 0 spiro atoms. The van der Waals surface area contributed by atoms with E-state index in [1.807, 2.05) is 71.6 Å². The largest absolute Gasteiger partial charge is 0.437 e. The summed E-state index contributed by atoms with van der Waals surface area (Å²) < 4.78 is 5.69. The van der Waals surface area contributed by atoms with Crippen molar-refractivity contribution in [1.29, 1.82) is 0 Å². The fraction of sp³-hybridized carbons (Fsp3) is 0.0556. The third kappa shape index (κ3) is 2.72. The van der Waals surface area contributed by atoms with Gasteiger partial charge in [0, 0.05) is 24.4 Å². The predicted octanol–water partition coefficient (Wildman–Crippen LogP) is 4.95. The standard InChI is InChI=1S/C18H15NO2/c1-14(20)17-12-13-18(21-17)19(15-8-4-2-5-9-15)16-10-6-3-7-11-16/h2-13H,1H3. The van der Waals surface area contributed by atoms with Crippen molar-refractivity contribution in [2.75, 3.05) is 4.90 Å². The van der Waals surface area contributed by atoms with Gasteiger partial charge in [0.15, 0.2) is 11.5 Å². The molecule has 104 valence electrons. The van der Waals surface area contributed by atoms with Crippen LogP contribution in [-0.2, 0) is 0 Å². The molecule has 3 nitrogen and oxygen atoms in total. The highest BCUT2D eigenvalue weighted by Crippen LogP contribution is 2.35. The van der Waals surface area contributed by atoms with Crippen molar-refractivity contribution in [2.45, 2.75) is 6.92 Å². The number of anilines is 3. The van der Waals surface area contributed by atoms with Crippen LogP contribution in [-0.4, -0.2) is 5.78 Å². The summed E-state index contributed by atoms with van der Waals surface area (Å²) in [6.45, 7) is 1.50. The maximum atomic E-state index is 11.4. The lowest BCUT2D eigenvalue weighted by molar-refractivity contribution is 0.0988. The first-order valence-electron chi connectivity index (χ1n) is 6.77. The summed E-state index contributed by atoms with van der Waals surface area (Å²) in [6, 6.07) is 23.4. The molecule has 21 heavy (non-hydrogen) atoms. The number of hydrogen-bond donors (Lipinski definition) is 0. The van der Waals surface area contributed by atoms with Crippen LogP contribution in [0, 0.1) is 0 Å². The number of para-hydroxylation sites is 2. The minimum absolute atomic E-state index is 0.0812. The van der Waals surface area contributed by atoms with E-state index in [-0.39, 0.29) is 5.78 Å². The van der Waals surface area contributed by atoms with E-state index in [9.17, 15) is 4.79 Å². The molecule has 0 saturated carbocycles. The van der Waals surface area contributed by atoms with Gasteiger partial charge in [-0.1, -0.05) is 36.4 Å². The van der Waals surface area contributed by atoms with Crippen LogP contribution in [0.25, 0.3) is 0 Å². The maximum Gasteiger partial charge on any atom is 0.205 e. The van der Waals surface area contributed by atoms with Crippen molar-refractivity contribution < 1.29 is 9.21 Å². The molecule has 0 radical (unpaired) electrons. The van der Waals surface area contributed by atoms with E-state index >= 15 is 0 Å². The van der Waals surface area contributed by atoms with Crippen LogP contribution in [0.5, 0.6) is 0 Å². The molecule has 0 aliphatic heterocycles. The SMILES string of the molecule is CC(=O)c1ccc(N(c2ccccc2)c2ccccc2)o1. The molecular weight excluding hydrogens is 262 g/mol. The molecule has 0 saturated heterocycles. The van der Waals surface area contributed by atoms with Gasteiger partial charge in [0.25, 0.3) is 0 Å². The second-order valence-corrected chi connectivity index (χ2v) is 4.70. The average Bonchev–Trinajstić information content (AvgIpc) is 3.00. The van der Waals surface area contributed by atoms with Crippen LogP contribution in [0.4, 0.5) is 17.3 Å². The van der Waals surface area contributed by atoms with Crippen molar-refractivity contribution in [3.63, 3.8) is 0 Å². The quantitative estimate of drug-likeness (QED) is 0.632. The Morgan fingerprint density at radius 2 is 1.33 bits per heavy atom. The minimum atomic E-state index is -0.0812. The van der Waals surface area contributed by atoms with Gasteiger partial charge in [0.05, 0.1) is 0 Å². The van der Waals surface area contributed by atoms with Crippen LogP contribution < -0.4 is 4.90 Å². The lowest BCUT2D eigenvalue weighted by atomic mass is 10.2. The van der Waals surface area contributed by atoms with Gasteiger partial charge in [-0.25, -0.2) is 0 Å². The summed E-state index contributed by atoms with van der Waals surface area (Å²) in [5.41, 5.74) is 1.96. The van der Waals surface area contributed by atoms with Crippen LogP contribution in [0.3, 0.4) is 0 Å². The Kier molecular flexibility index (Phi) is 3.56.